The number of likely N-dealkylation sites (N-methyl/N-ethyl adjacent to an activating group) is 1. The summed E-state index contributed by atoms with van der Waals surface area (Å²) in [7, 11) is 1.53. The van der Waals surface area contributed by atoms with Crippen molar-refractivity contribution in [2.75, 3.05) is 30.4 Å². The zero-order valence-corrected chi connectivity index (χ0v) is 13.4. The van der Waals surface area contributed by atoms with E-state index in [9.17, 15) is 14.9 Å². The first-order chi connectivity index (χ1) is 11.5. The third kappa shape index (κ3) is 4.19. The fourth-order valence-corrected chi connectivity index (χ4v) is 2.14. The van der Waals surface area contributed by atoms with Crippen molar-refractivity contribution in [3.05, 3.63) is 52.7 Å². The first-order valence-electron chi connectivity index (χ1n) is 7.33. The van der Waals surface area contributed by atoms with Crippen molar-refractivity contribution in [3.63, 3.8) is 0 Å². The van der Waals surface area contributed by atoms with Gasteiger partial charge < -0.3 is 15.0 Å². The van der Waals surface area contributed by atoms with Gasteiger partial charge in [0, 0.05) is 12.6 Å². The largest absolute Gasteiger partial charge is 0.495 e. The zero-order valence-electron chi connectivity index (χ0n) is 13.4. The monoisotopic (exact) mass is 330 g/mol. The van der Waals surface area contributed by atoms with Crippen LogP contribution in [0.2, 0.25) is 0 Å². The van der Waals surface area contributed by atoms with Crippen LogP contribution in [0.1, 0.15) is 6.92 Å². The average Bonchev–Trinajstić information content (AvgIpc) is 2.60. The molecule has 2 aromatic rings. The molecule has 0 spiro atoms. The molecule has 0 aliphatic rings. The Kier molecular flexibility index (Phi) is 5.67. The number of nitrogens with one attached hydrogen (secondary N) is 1. The van der Waals surface area contributed by atoms with E-state index in [0.29, 0.717) is 23.8 Å². The van der Waals surface area contributed by atoms with Gasteiger partial charge in [0.15, 0.2) is 0 Å². The van der Waals surface area contributed by atoms with Crippen LogP contribution in [0.25, 0.3) is 0 Å². The van der Waals surface area contributed by atoms with E-state index in [1.807, 2.05) is 13.0 Å². The van der Waals surface area contributed by atoms with Gasteiger partial charge in [-0.1, -0.05) is 12.1 Å². The van der Waals surface area contributed by atoms with E-state index in [4.69, 9.17) is 4.74 Å². The maximum absolute atomic E-state index is 12.3. The lowest BCUT2D eigenvalue weighted by molar-refractivity contribution is -0.385. The summed E-state index contributed by atoms with van der Waals surface area (Å²) in [5.41, 5.74) is 0.492. The molecule has 0 aliphatic carbocycles. The second-order valence-corrected chi connectivity index (χ2v) is 4.89. The molecule has 1 aromatic heterocycles. The van der Waals surface area contributed by atoms with Crippen molar-refractivity contribution in [2.45, 2.75) is 6.92 Å². The number of rotatable bonds is 7. The Morgan fingerprint density at radius 1 is 1.33 bits per heavy atom. The molecule has 1 N–H and O–H groups in total. The highest BCUT2D eigenvalue weighted by atomic mass is 16.6. The maximum atomic E-state index is 12.3. The normalized spacial score (nSPS) is 10.1. The van der Waals surface area contributed by atoms with Crippen LogP contribution >= 0.6 is 0 Å². The van der Waals surface area contributed by atoms with Crippen molar-refractivity contribution in [1.29, 1.82) is 0 Å². The minimum atomic E-state index is -0.512. The van der Waals surface area contributed by atoms with Gasteiger partial charge in [0.1, 0.15) is 17.8 Å². The predicted octanol–water partition coefficient (Wildman–Crippen LogP) is 2.46. The number of benzene rings is 1. The molecule has 0 radical (unpaired) electrons. The quantitative estimate of drug-likeness (QED) is 0.618. The highest BCUT2D eigenvalue weighted by molar-refractivity contribution is 5.95. The van der Waals surface area contributed by atoms with E-state index < -0.39 is 4.92 Å². The molecule has 24 heavy (non-hydrogen) atoms. The summed E-state index contributed by atoms with van der Waals surface area (Å²) >= 11 is 0. The van der Waals surface area contributed by atoms with E-state index in [2.05, 4.69) is 10.3 Å². The number of carbonyl (C=O) groups is 1. The number of aromatic nitrogens is 1. The van der Waals surface area contributed by atoms with E-state index >= 15 is 0 Å². The highest BCUT2D eigenvalue weighted by Crippen LogP contribution is 2.23. The minimum Gasteiger partial charge on any atom is -0.495 e. The third-order valence-electron chi connectivity index (χ3n) is 3.36. The molecule has 8 heteroatoms. The Hall–Kier alpha value is -3.16. The Balaban J connectivity index is 2.06. The molecule has 0 saturated carbocycles. The van der Waals surface area contributed by atoms with Crippen molar-refractivity contribution in [3.8, 4) is 5.75 Å². The molecule has 1 aromatic carbocycles. The fraction of sp³-hybridized carbons (Fsp3) is 0.250. The molecular formula is C16H18N4O4. The lowest BCUT2D eigenvalue weighted by Gasteiger charge is -2.21. The van der Waals surface area contributed by atoms with Gasteiger partial charge in [-0.25, -0.2) is 4.98 Å². The standard InChI is InChI=1S/C16H18N4O4/c1-3-19(15-9-8-12(10-17-15)20(22)23)11-16(21)18-13-6-4-5-7-14(13)24-2/h4-10H,3,11H2,1-2H3,(H,18,21). The first-order valence-corrected chi connectivity index (χ1v) is 7.33. The Labute approximate surface area is 139 Å². The summed E-state index contributed by atoms with van der Waals surface area (Å²) in [5.74, 6) is 0.835. The van der Waals surface area contributed by atoms with Crippen LogP contribution < -0.4 is 15.0 Å². The average molecular weight is 330 g/mol. The number of para-hydroxylation sites is 2. The Morgan fingerprint density at radius 3 is 2.67 bits per heavy atom. The van der Waals surface area contributed by atoms with Crippen molar-refractivity contribution in [2.24, 2.45) is 0 Å². The number of ether oxygens (including phenoxy) is 1. The van der Waals surface area contributed by atoms with E-state index in [-0.39, 0.29) is 18.1 Å². The number of carbonyl (C=O) groups excluding carboxylic acids is 1. The topological polar surface area (TPSA) is 97.6 Å². The lowest BCUT2D eigenvalue weighted by atomic mass is 10.3. The molecule has 126 valence electrons. The van der Waals surface area contributed by atoms with E-state index in [1.165, 1.54) is 25.4 Å². The number of pyridine rings is 1. The molecule has 1 heterocycles. The minimum absolute atomic E-state index is 0.0688. The van der Waals surface area contributed by atoms with Gasteiger partial charge in [-0.05, 0) is 25.1 Å². The highest BCUT2D eigenvalue weighted by Gasteiger charge is 2.14. The maximum Gasteiger partial charge on any atom is 0.287 e. The van der Waals surface area contributed by atoms with Crippen LogP contribution in [-0.4, -0.2) is 36.0 Å². The molecule has 8 nitrogen and oxygen atoms in total. The molecule has 2 rings (SSSR count). The van der Waals surface area contributed by atoms with Gasteiger partial charge in [0.2, 0.25) is 5.91 Å². The number of hydrogen-bond acceptors (Lipinski definition) is 6. The van der Waals surface area contributed by atoms with Crippen molar-refractivity contribution in [1.82, 2.24) is 4.98 Å². The number of nitro groups is 1. The van der Waals surface area contributed by atoms with Gasteiger partial charge in [-0.2, -0.15) is 0 Å². The second-order valence-electron chi connectivity index (χ2n) is 4.89. The molecule has 0 aliphatic heterocycles. The van der Waals surface area contributed by atoms with Crippen LogP contribution in [0.4, 0.5) is 17.2 Å². The van der Waals surface area contributed by atoms with Gasteiger partial charge in [0.25, 0.3) is 5.69 Å². The molecule has 1 amide bonds. The molecular weight excluding hydrogens is 312 g/mol. The number of nitrogens with zero attached hydrogens (tertiary/aromatic N) is 3. The van der Waals surface area contributed by atoms with Crippen LogP contribution in [0.15, 0.2) is 42.6 Å². The van der Waals surface area contributed by atoms with E-state index in [0.717, 1.165) is 0 Å². The number of hydrogen-bond donors (Lipinski definition) is 1. The van der Waals surface area contributed by atoms with Crippen molar-refractivity contribution < 1.29 is 14.5 Å². The van der Waals surface area contributed by atoms with Crippen LogP contribution in [0.5, 0.6) is 5.75 Å². The summed E-state index contributed by atoms with van der Waals surface area (Å²) in [6.45, 7) is 2.48. The number of amides is 1. The SMILES string of the molecule is CCN(CC(=O)Nc1ccccc1OC)c1ccc([N+](=O)[O-])cn1. The smallest absolute Gasteiger partial charge is 0.287 e. The summed E-state index contributed by atoms with van der Waals surface area (Å²) in [6, 6.07) is 10.0. The Morgan fingerprint density at radius 2 is 2.08 bits per heavy atom. The van der Waals surface area contributed by atoms with Crippen LogP contribution in [0, 0.1) is 10.1 Å². The zero-order chi connectivity index (χ0) is 17.5. The van der Waals surface area contributed by atoms with Crippen molar-refractivity contribution >= 4 is 23.1 Å². The van der Waals surface area contributed by atoms with Gasteiger partial charge in [0.05, 0.1) is 24.3 Å². The molecule has 0 atom stereocenters. The molecule has 0 saturated heterocycles. The second kappa shape index (κ2) is 7.91. The molecule has 0 unspecified atom stereocenters. The summed E-state index contributed by atoms with van der Waals surface area (Å²) in [5, 5.41) is 13.5. The number of anilines is 2. The Bertz CT molecular complexity index is 718. The van der Waals surface area contributed by atoms with Gasteiger partial charge in [-0.15, -0.1) is 0 Å². The molecule has 0 fully saturated rings. The van der Waals surface area contributed by atoms with E-state index in [1.54, 1.807) is 23.1 Å². The fourth-order valence-electron chi connectivity index (χ4n) is 2.14. The summed E-state index contributed by atoms with van der Waals surface area (Å²) in [4.78, 5) is 28.2. The molecule has 0 bridgehead atoms. The predicted molar refractivity (Wildman–Crippen MR) is 90.4 cm³/mol. The van der Waals surface area contributed by atoms with Crippen LogP contribution in [-0.2, 0) is 4.79 Å². The van der Waals surface area contributed by atoms with Gasteiger partial charge in [-0.3, -0.25) is 14.9 Å². The number of methoxy groups -OCH3 is 1. The summed E-state index contributed by atoms with van der Waals surface area (Å²) < 4.78 is 5.19. The van der Waals surface area contributed by atoms with Gasteiger partial charge >= 0.3 is 0 Å². The summed E-state index contributed by atoms with van der Waals surface area (Å²) in [6.07, 6.45) is 1.18. The lowest BCUT2D eigenvalue weighted by Crippen LogP contribution is -2.33. The third-order valence-corrected chi connectivity index (χ3v) is 3.36. The first kappa shape index (κ1) is 17.2. The van der Waals surface area contributed by atoms with Crippen LogP contribution in [0.3, 0.4) is 0 Å².